The second kappa shape index (κ2) is 7.81. The Bertz CT molecular complexity index is 425. The lowest BCUT2D eigenvalue weighted by Gasteiger charge is -2.24. The Labute approximate surface area is 116 Å². The molecule has 0 unspecified atom stereocenters. The molecule has 0 saturated heterocycles. The van der Waals surface area contributed by atoms with Crippen LogP contribution >= 0.6 is 11.8 Å². The van der Waals surface area contributed by atoms with E-state index in [1.54, 1.807) is 42.1 Å². The van der Waals surface area contributed by atoms with Crippen molar-refractivity contribution in [1.29, 1.82) is 0 Å². The van der Waals surface area contributed by atoms with Crippen LogP contribution in [0.3, 0.4) is 0 Å². The van der Waals surface area contributed by atoms with E-state index in [-0.39, 0.29) is 12.5 Å². The largest absolute Gasteiger partial charge is 0.480 e. The fourth-order valence-electron chi connectivity index (χ4n) is 1.61. The summed E-state index contributed by atoms with van der Waals surface area (Å²) in [5.41, 5.74) is 6.37. The molecule has 0 aliphatic rings. The number of benzene rings is 1. The van der Waals surface area contributed by atoms with Crippen molar-refractivity contribution in [2.24, 2.45) is 5.73 Å². The number of aliphatic carboxylic acids is 1. The van der Waals surface area contributed by atoms with Crippen molar-refractivity contribution in [3.8, 4) is 0 Å². The summed E-state index contributed by atoms with van der Waals surface area (Å²) in [5, 5.41) is 8.91. The normalized spacial score (nSPS) is 11.9. The van der Waals surface area contributed by atoms with E-state index < -0.39 is 12.0 Å². The van der Waals surface area contributed by atoms with Gasteiger partial charge in [0.15, 0.2) is 0 Å². The van der Waals surface area contributed by atoms with E-state index in [1.165, 1.54) is 4.90 Å². The minimum absolute atomic E-state index is 0.359. The molecule has 0 radical (unpaired) electrons. The van der Waals surface area contributed by atoms with E-state index in [9.17, 15) is 9.59 Å². The smallest absolute Gasteiger partial charge is 0.323 e. The summed E-state index contributed by atoms with van der Waals surface area (Å²) >= 11 is 1.60. The predicted molar refractivity (Wildman–Crippen MR) is 77.4 cm³/mol. The van der Waals surface area contributed by atoms with Crippen LogP contribution in [0.1, 0.15) is 6.42 Å². The van der Waals surface area contributed by atoms with Gasteiger partial charge in [0.2, 0.25) is 5.91 Å². The highest BCUT2D eigenvalue weighted by Gasteiger charge is 2.23. The molecule has 19 heavy (non-hydrogen) atoms. The molecule has 1 amide bonds. The first-order chi connectivity index (χ1) is 9.06. The zero-order valence-electron chi connectivity index (χ0n) is 10.8. The van der Waals surface area contributed by atoms with Crippen molar-refractivity contribution in [3.05, 3.63) is 30.3 Å². The molecule has 1 atom stereocenters. The Morgan fingerprint density at radius 3 is 2.53 bits per heavy atom. The fourth-order valence-corrected chi connectivity index (χ4v) is 2.10. The molecular weight excluding hydrogens is 264 g/mol. The Kier molecular flexibility index (Phi) is 6.38. The molecule has 1 aromatic rings. The lowest BCUT2D eigenvalue weighted by molar-refractivity contribution is -0.136. The maximum absolute atomic E-state index is 12.2. The van der Waals surface area contributed by atoms with Crippen molar-refractivity contribution >= 4 is 29.3 Å². The highest BCUT2D eigenvalue weighted by atomic mass is 32.2. The number of amides is 1. The Morgan fingerprint density at radius 2 is 2.00 bits per heavy atom. The van der Waals surface area contributed by atoms with Gasteiger partial charge in [0.1, 0.15) is 6.54 Å². The maximum Gasteiger partial charge on any atom is 0.323 e. The second-order valence-corrected chi connectivity index (χ2v) is 5.03. The van der Waals surface area contributed by atoms with Crippen molar-refractivity contribution in [1.82, 2.24) is 0 Å². The number of rotatable bonds is 7. The molecule has 5 nitrogen and oxygen atoms in total. The first-order valence-electron chi connectivity index (χ1n) is 5.89. The van der Waals surface area contributed by atoms with Gasteiger partial charge in [-0.3, -0.25) is 14.5 Å². The summed E-state index contributed by atoms with van der Waals surface area (Å²) in [7, 11) is 0. The third-order valence-electron chi connectivity index (χ3n) is 2.58. The van der Waals surface area contributed by atoms with Crippen LogP contribution in [0, 0.1) is 0 Å². The second-order valence-electron chi connectivity index (χ2n) is 4.04. The van der Waals surface area contributed by atoms with Crippen LogP contribution in [-0.2, 0) is 9.59 Å². The minimum Gasteiger partial charge on any atom is -0.480 e. The van der Waals surface area contributed by atoms with Gasteiger partial charge < -0.3 is 10.8 Å². The molecular formula is C13H18N2O3S. The molecule has 0 fully saturated rings. The highest BCUT2D eigenvalue weighted by Crippen LogP contribution is 2.15. The average Bonchev–Trinajstić information content (AvgIpc) is 2.42. The van der Waals surface area contributed by atoms with Gasteiger partial charge in [0, 0.05) is 5.69 Å². The zero-order valence-corrected chi connectivity index (χ0v) is 11.6. The van der Waals surface area contributed by atoms with Gasteiger partial charge in [0.25, 0.3) is 0 Å². The molecule has 0 heterocycles. The van der Waals surface area contributed by atoms with E-state index in [0.29, 0.717) is 12.1 Å². The number of hydrogen-bond donors (Lipinski definition) is 2. The van der Waals surface area contributed by atoms with Crippen molar-refractivity contribution in [2.45, 2.75) is 12.5 Å². The number of nitrogens with zero attached hydrogens (tertiary/aromatic N) is 1. The number of thioether (sulfide) groups is 1. The molecule has 0 aromatic heterocycles. The quantitative estimate of drug-likeness (QED) is 0.784. The lowest BCUT2D eigenvalue weighted by Crippen LogP contribution is -2.46. The summed E-state index contributed by atoms with van der Waals surface area (Å²) < 4.78 is 0. The van der Waals surface area contributed by atoms with Crippen LogP contribution in [0.5, 0.6) is 0 Å². The van der Waals surface area contributed by atoms with Crippen LogP contribution in [0.25, 0.3) is 0 Å². The molecule has 0 spiro atoms. The standard InChI is InChI=1S/C13H18N2O3S/c1-19-8-7-11(14)13(18)15(9-12(16)17)10-5-3-2-4-6-10/h2-6,11H,7-9,14H2,1H3,(H,16,17)/t11-/m0/s1. The average molecular weight is 282 g/mol. The summed E-state index contributed by atoms with van der Waals surface area (Å²) in [6.07, 6.45) is 2.46. The number of anilines is 1. The predicted octanol–water partition coefficient (Wildman–Crippen LogP) is 1.18. The van der Waals surface area contributed by atoms with Gasteiger partial charge in [-0.25, -0.2) is 0 Å². The van der Waals surface area contributed by atoms with Crippen LogP contribution in [0.4, 0.5) is 5.69 Å². The molecule has 3 N–H and O–H groups in total. The Balaban J connectivity index is 2.85. The van der Waals surface area contributed by atoms with Crippen molar-refractivity contribution < 1.29 is 14.7 Å². The van der Waals surface area contributed by atoms with E-state index >= 15 is 0 Å². The van der Waals surface area contributed by atoms with Gasteiger partial charge in [-0.1, -0.05) is 18.2 Å². The number of hydrogen-bond acceptors (Lipinski definition) is 4. The Hall–Kier alpha value is -1.53. The van der Waals surface area contributed by atoms with E-state index in [1.807, 2.05) is 6.26 Å². The lowest BCUT2D eigenvalue weighted by atomic mass is 10.2. The van der Waals surface area contributed by atoms with Crippen LogP contribution in [0.15, 0.2) is 30.3 Å². The number of carboxylic acids is 1. The number of carboxylic acid groups (broad SMARTS) is 1. The third-order valence-corrected chi connectivity index (χ3v) is 3.22. The summed E-state index contributed by atoms with van der Waals surface area (Å²) in [4.78, 5) is 24.3. The van der Waals surface area contributed by atoms with Gasteiger partial charge in [0.05, 0.1) is 6.04 Å². The molecule has 0 aliphatic carbocycles. The van der Waals surface area contributed by atoms with Crippen molar-refractivity contribution in [2.75, 3.05) is 23.5 Å². The molecule has 1 aromatic carbocycles. The highest BCUT2D eigenvalue weighted by molar-refractivity contribution is 7.98. The SMILES string of the molecule is CSCC[C@H](N)C(=O)N(CC(=O)O)c1ccccc1. The zero-order chi connectivity index (χ0) is 14.3. The molecule has 0 aliphatic heterocycles. The van der Waals surface area contributed by atoms with Gasteiger partial charge in [-0.2, -0.15) is 11.8 Å². The molecule has 0 saturated carbocycles. The first kappa shape index (κ1) is 15.5. The van der Waals surface area contributed by atoms with E-state index in [4.69, 9.17) is 10.8 Å². The monoisotopic (exact) mass is 282 g/mol. The third kappa shape index (κ3) is 4.92. The first-order valence-corrected chi connectivity index (χ1v) is 7.28. The van der Waals surface area contributed by atoms with Gasteiger partial charge in [-0.05, 0) is 30.6 Å². The van der Waals surface area contributed by atoms with Crippen molar-refractivity contribution in [3.63, 3.8) is 0 Å². The number of carbonyl (C=O) groups excluding carboxylic acids is 1. The van der Waals surface area contributed by atoms with E-state index in [2.05, 4.69) is 0 Å². The van der Waals surface area contributed by atoms with Crippen LogP contribution in [-0.4, -0.2) is 41.6 Å². The fraction of sp³-hybridized carbons (Fsp3) is 0.385. The number of para-hydroxylation sites is 1. The van der Waals surface area contributed by atoms with Gasteiger partial charge in [-0.15, -0.1) is 0 Å². The number of nitrogens with two attached hydrogens (primary N) is 1. The van der Waals surface area contributed by atoms with Crippen LogP contribution < -0.4 is 10.6 Å². The minimum atomic E-state index is -1.06. The molecule has 0 bridgehead atoms. The number of carbonyl (C=O) groups is 2. The topological polar surface area (TPSA) is 83.6 Å². The Morgan fingerprint density at radius 1 is 1.37 bits per heavy atom. The van der Waals surface area contributed by atoms with Crippen LogP contribution in [0.2, 0.25) is 0 Å². The molecule has 1 rings (SSSR count). The summed E-state index contributed by atoms with van der Waals surface area (Å²) in [5.74, 6) is -0.653. The van der Waals surface area contributed by atoms with E-state index in [0.717, 1.165) is 5.75 Å². The summed E-state index contributed by atoms with van der Waals surface area (Å²) in [6.45, 7) is -0.379. The molecule has 6 heteroatoms. The molecule has 104 valence electrons. The van der Waals surface area contributed by atoms with Gasteiger partial charge >= 0.3 is 5.97 Å². The summed E-state index contributed by atoms with van der Waals surface area (Å²) in [6, 6.07) is 8.03. The maximum atomic E-state index is 12.2.